The lowest BCUT2D eigenvalue weighted by Crippen LogP contribution is -2.08. The Hall–Kier alpha value is -1.77. The van der Waals surface area contributed by atoms with Crippen molar-refractivity contribution in [2.45, 2.75) is 46.1 Å². The molecule has 0 amide bonds. The normalized spacial score (nSPS) is 12.9. The fourth-order valence-corrected chi connectivity index (χ4v) is 2.33. The van der Waals surface area contributed by atoms with E-state index in [1.807, 2.05) is 18.2 Å². The van der Waals surface area contributed by atoms with Gasteiger partial charge in [-0.15, -0.1) is 0 Å². The maximum atomic E-state index is 6.32. The van der Waals surface area contributed by atoms with Crippen LogP contribution in [0.2, 0.25) is 0 Å². The second kappa shape index (κ2) is 5.47. The number of imidazole rings is 1. The molecule has 0 aliphatic carbocycles. The van der Waals surface area contributed by atoms with Crippen LogP contribution in [-0.4, -0.2) is 9.55 Å². The second-order valence-corrected chi connectivity index (χ2v) is 5.34. The third-order valence-corrected chi connectivity index (χ3v) is 3.60. The van der Waals surface area contributed by atoms with Crippen LogP contribution in [0.15, 0.2) is 30.3 Å². The standard InChI is InChI=1S/C16H23N3/c1-5-12(4)14-15(17)19(11(2)3)16(18-14)13-9-7-6-8-10-13/h6-12H,5,17H2,1-4H3. The minimum absolute atomic E-state index is 0.306. The zero-order valence-corrected chi connectivity index (χ0v) is 12.2. The van der Waals surface area contributed by atoms with Crippen LogP contribution >= 0.6 is 0 Å². The molecule has 0 bridgehead atoms. The van der Waals surface area contributed by atoms with E-state index in [0.717, 1.165) is 29.3 Å². The van der Waals surface area contributed by atoms with E-state index >= 15 is 0 Å². The first kappa shape index (κ1) is 13.7. The molecule has 1 atom stereocenters. The summed E-state index contributed by atoms with van der Waals surface area (Å²) in [7, 11) is 0. The Labute approximate surface area is 115 Å². The van der Waals surface area contributed by atoms with Crippen LogP contribution in [0.25, 0.3) is 11.4 Å². The Morgan fingerprint density at radius 2 is 1.79 bits per heavy atom. The predicted octanol–water partition coefficient (Wildman–Crippen LogP) is 4.23. The van der Waals surface area contributed by atoms with E-state index in [9.17, 15) is 0 Å². The highest BCUT2D eigenvalue weighted by molar-refractivity contribution is 5.61. The van der Waals surface area contributed by atoms with Gasteiger partial charge < -0.3 is 10.3 Å². The molecule has 1 aromatic heterocycles. The molecular formula is C16H23N3. The summed E-state index contributed by atoms with van der Waals surface area (Å²) in [6, 6.07) is 10.6. The van der Waals surface area contributed by atoms with Crippen molar-refractivity contribution < 1.29 is 0 Å². The van der Waals surface area contributed by atoms with Crippen LogP contribution in [0.4, 0.5) is 5.82 Å². The summed E-state index contributed by atoms with van der Waals surface area (Å²) in [5.74, 6) is 2.18. The Morgan fingerprint density at radius 1 is 1.16 bits per heavy atom. The lowest BCUT2D eigenvalue weighted by atomic mass is 10.1. The molecule has 0 fully saturated rings. The van der Waals surface area contributed by atoms with E-state index in [1.165, 1.54) is 0 Å². The number of anilines is 1. The molecule has 0 spiro atoms. The molecule has 19 heavy (non-hydrogen) atoms. The summed E-state index contributed by atoms with van der Waals surface area (Å²) < 4.78 is 2.14. The molecule has 2 rings (SSSR count). The van der Waals surface area contributed by atoms with Gasteiger partial charge in [0.2, 0.25) is 0 Å². The van der Waals surface area contributed by atoms with E-state index in [1.54, 1.807) is 0 Å². The Bertz CT molecular complexity index is 541. The molecule has 3 nitrogen and oxygen atoms in total. The van der Waals surface area contributed by atoms with Crippen molar-refractivity contribution in [1.82, 2.24) is 9.55 Å². The summed E-state index contributed by atoms with van der Waals surface area (Å²) in [5.41, 5.74) is 8.47. The van der Waals surface area contributed by atoms with E-state index in [-0.39, 0.29) is 0 Å². The Kier molecular flexibility index (Phi) is 3.93. The first-order valence-corrected chi connectivity index (χ1v) is 6.99. The fraction of sp³-hybridized carbons (Fsp3) is 0.438. The minimum Gasteiger partial charge on any atom is -0.384 e. The van der Waals surface area contributed by atoms with E-state index < -0.39 is 0 Å². The zero-order chi connectivity index (χ0) is 14.0. The number of nitrogen functional groups attached to an aromatic ring is 1. The van der Waals surface area contributed by atoms with Crippen molar-refractivity contribution in [1.29, 1.82) is 0 Å². The minimum atomic E-state index is 0.306. The molecule has 1 unspecified atom stereocenters. The van der Waals surface area contributed by atoms with Crippen molar-refractivity contribution in [3.05, 3.63) is 36.0 Å². The molecule has 0 saturated heterocycles. The lowest BCUT2D eigenvalue weighted by molar-refractivity contribution is 0.612. The monoisotopic (exact) mass is 257 g/mol. The van der Waals surface area contributed by atoms with Crippen molar-refractivity contribution >= 4 is 5.82 Å². The number of rotatable bonds is 4. The molecule has 0 aliphatic rings. The number of nitrogens with zero attached hydrogens (tertiary/aromatic N) is 2. The topological polar surface area (TPSA) is 43.8 Å². The Morgan fingerprint density at radius 3 is 2.32 bits per heavy atom. The maximum Gasteiger partial charge on any atom is 0.142 e. The van der Waals surface area contributed by atoms with Crippen molar-refractivity contribution in [3.8, 4) is 11.4 Å². The van der Waals surface area contributed by atoms with Crippen molar-refractivity contribution in [3.63, 3.8) is 0 Å². The van der Waals surface area contributed by atoms with Gasteiger partial charge >= 0.3 is 0 Å². The number of nitrogens with two attached hydrogens (primary N) is 1. The first-order chi connectivity index (χ1) is 9.06. The van der Waals surface area contributed by atoms with Gasteiger partial charge in [0, 0.05) is 17.5 Å². The molecular weight excluding hydrogens is 234 g/mol. The van der Waals surface area contributed by atoms with Crippen molar-refractivity contribution in [2.75, 3.05) is 5.73 Å². The molecule has 3 heteroatoms. The van der Waals surface area contributed by atoms with Crippen LogP contribution < -0.4 is 5.73 Å². The van der Waals surface area contributed by atoms with Gasteiger partial charge in [-0.3, -0.25) is 0 Å². The average Bonchev–Trinajstić information content (AvgIpc) is 2.76. The number of hydrogen-bond acceptors (Lipinski definition) is 2. The first-order valence-electron chi connectivity index (χ1n) is 6.99. The maximum absolute atomic E-state index is 6.32. The van der Waals surface area contributed by atoms with Gasteiger partial charge in [0.15, 0.2) is 0 Å². The molecule has 0 radical (unpaired) electrons. The molecule has 1 heterocycles. The highest BCUT2D eigenvalue weighted by atomic mass is 15.2. The zero-order valence-electron chi connectivity index (χ0n) is 12.2. The highest BCUT2D eigenvalue weighted by Gasteiger charge is 2.20. The largest absolute Gasteiger partial charge is 0.384 e. The molecule has 1 aromatic carbocycles. The predicted molar refractivity (Wildman–Crippen MR) is 81.2 cm³/mol. The van der Waals surface area contributed by atoms with E-state index in [4.69, 9.17) is 10.7 Å². The van der Waals surface area contributed by atoms with Crippen LogP contribution in [0.5, 0.6) is 0 Å². The van der Waals surface area contributed by atoms with Gasteiger partial charge in [0.05, 0.1) is 5.69 Å². The van der Waals surface area contributed by atoms with Gasteiger partial charge in [-0.05, 0) is 20.3 Å². The lowest BCUT2D eigenvalue weighted by Gasteiger charge is -2.14. The molecule has 2 aromatic rings. The van der Waals surface area contributed by atoms with Crippen molar-refractivity contribution in [2.24, 2.45) is 0 Å². The average molecular weight is 257 g/mol. The summed E-state index contributed by atoms with van der Waals surface area (Å²) in [5, 5.41) is 0. The number of benzene rings is 1. The summed E-state index contributed by atoms with van der Waals surface area (Å²) >= 11 is 0. The molecule has 0 aliphatic heterocycles. The third kappa shape index (κ3) is 2.50. The van der Waals surface area contributed by atoms with Gasteiger partial charge in [0.1, 0.15) is 11.6 Å². The summed E-state index contributed by atoms with van der Waals surface area (Å²) in [6.45, 7) is 8.63. The second-order valence-electron chi connectivity index (χ2n) is 5.34. The van der Waals surface area contributed by atoms with Gasteiger partial charge in [-0.25, -0.2) is 4.98 Å². The van der Waals surface area contributed by atoms with E-state index in [0.29, 0.717) is 12.0 Å². The fourth-order valence-electron chi connectivity index (χ4n) is 2.33. The van der Waals surface area contributed by atoms with Gasteiger partial charge in [0.25, 0.3) is 0 Å². The summed E-state index contributed by atoms with van der Waals surface area (Å²) in [4.78, 5) is 4.81. The summed E-state index contributed by atoms with van der Waals surface area (Å²) in [6.07, 6.45) is 1.05. The van der Waals surface area contributed by atoms with Gasteiger partial charge in [-0.1, -0.05) is 44.2 Å². The molecule has 2 N–H and O–H groups in total. The molecule has 0 saturated carbocycles. The van der Waals surface area contributed by atoms with Crippen LogP contribution in [0.3, 0.4) is 0 Å². The highest BCUT2D eigenvalue weighted by Crippen LogP contribution is 2.32. The van der Waals surface area contributed by atoms with Gasteiger partial charge in [-0.2, -0.15) is 0 Å². The van der Waals surface area contributed by atoms with E-state index in [2.05, 4.69) is 44.4 Å². The Balaban J connectivity index is 2.60. The number of hydrogen-bond donors (Lipinski definition) is 1. The quantitative estimate of drug-likeness (QED) is 0.890. The van der Waals surface area contributed by atoms with Crippen LogP contribution in [0, 0.1) is 0 Å². The number of aromatic nitrogens is 2. The third-order valence-electron chi connectivity index (χ3n) is 3.60. The smallest absolute Gasteiger partial charge is 0.142 e. The SMILES string of the molecule is CCC(C)c1nc(-c2ccccc2)n(C(C)C)c1N. The van der Waals surface area contributed by atoms with Crippen LogP contribution in [-0.2, 0) is 0 Å². The van der Waals surface area contributed by atoms with Crippen LogP contribution in [0.1, 0.15) is 51.8 Å². The molecule has 102 valence electrons.